The van der Waals surface area contributed by atoms with Crippen LogP contribution < -0.4 is 10.2 Å². The SMILES string of the molecule is CCCCOC(=O)Nc1ccc(C(O)CN2CCN(c3ccncc3)CC2)cc1. The molecule has 1 aliphatic heterocycles. The fraction of sp³-hybridized carbons (Fsp3) is 0.455. The van der Waals surface area contributed by atoms with Crippen LogP contribution in [0.4, 0.5) is 16.2 Å². The quantitative estimate of drug-likeness (QED) is 0.665. The number of amides is 1. The number of hydrogen-bond acceptors (Lipinski definition) is 6. The highest BCUT2D eigenvalue weighted by Gasteiger charge is 2.20. The van der Waals surface area contributed by atoms with Crippen molar-refractivity contribution in [2.45, 2.75) is 25.9 Å². The number of aliphatic hydroxyl groups is 1. The maximum atomic E-state index is 11.7. The number of nitrogens with one attached hydrogen (secondary N) is 1. The molecular weight excluding hydrogens is 368 g/mol. The minimum Gasteiger partial charge on any atom is -0.449 e. The van der Waals surface area contributed by atoms with E-state index < -0.39 is 12.2 Å². The molecule has 7 heteroatoms. The van der Waals surface area contributed by atoms with Gasteiger partial charge in [0.1, 0.15) is 0 Å². The topological polar surface area (TPSA) is 77.9 Å². The molecule has 1 fully saturated rings. The summed E-state index contributed by atoms with van der Waals surface area (Å²) in [5.74, 6) is 0. The van der Waals surface area contributed by atoms with Crippen LogP contribution in [-0.2, 0) is 4.74 Å². The second-order valence-electron chi connectivity index (χ2n) is 7.25. The first kappa shape index (κ1) is 21.1. The number of β-amino-alcohol motifs (C(OH)–C–C–N with tert-alkyl or cyclic N) is 1. The third-order valence-corrected chi connectivity index (χ3v) is 5.10. The molecule has 0 saturated carbocycles. The minimum absolute atomic E-state index is 0.424. The van der Waals surface area contributed by atoms with E-state index in [0.717, 1.165) is 44.6 Å². The molecule has 0 bridgehead atoms. The molecule has 2 heterocycles. The van der Waals surface area contributed by atoms with Crippen molar-refractivity contribution in [3.05, 3.63) is 54.4 Å². The predicted octanol–water partition coefficient (Wildman–Crippen LogP) is 3.29. The first-order valence-electron chi connectivity index (χ1n) is 10.2. The molecule has 1 aliphatic rings. The Morgan fingerprint density at radius 1 is 1.14 bits per heavy atom. The van der Waals surface area contributed by atoms with Gasteiger partial charge < -0.3 is 14.7 Å². The molecule has 1 amide bonds. The van der Waals surface area contributed by atoms with Crippen LogP contribution in [0.1, 0.15) is 31.4 Å². The Labute approximate surface area is 172 Å². The van der Waals surface area contributed by atoms with Gasteiger partial charge in [0.15, 0.2) is 0 Å². The molecule has 3 rings (SSSR count). The number of ether oxygens (including phenoxy) is 1. The van der Waals surface area contributed by atoms with Crippen LogP contribution in [-0.4, -0.2) is 60.4 Å². The molecule has 0 radical (unpaired) electrons. The minimum atomic E-state index is -0.562. The number of benzene rings is 1. The van der Waals surface area contributed by atoms with E-state index in [1.165, 1.54) is 5.69 Å². The number of aromatic nitrogens is 1. The van der Waals surface area contributed by atoms with Crippen LogP contribution in [0, 0.1) is 0 Å². The van der Waals surface area contributed by atoms with Crippen LogP contribution in [0.15, 0.2) is 48.8 Å². The molecule has 29 heavy (non-hydrogen) atoms. The van der Waals surface area contributed by atoms with Gasteiger partial charge in [-0.15, -0.1) is 0 Å². The molecular formula is C22H30N4O3. The Morgan fingerprint density at radius 3 is 2.48 bits per heavy atom. The number of piperazine rings is 1. The van der Waals surface area contributed by atoms with E-state index in [-0.39, 0.29) is 0 Å². The lowest BCUT2D eigenvalue weighted by atomic mass is 10.1. The zero-order valence-electron chi connectivity index (χ0n) is 17.0. The number of aliphatic hydroxyl groups excluding tert-OH is 1. The first-order chi connectivity index (χ1) is 14.2. The summed E-state index contributed by atoms with van der Waals surface area (Å²) < 4.78 is 5.09. The Bertz CT molecular complexity index is 746. The van der Waals surface area contributed by atoms with Gasteiger partial charge in [-0.3, -0.25) is 15.2 Å². The van der Waals surface area contributed by atoms with Gasteiger partial charge in [0.25, 0.3) is 0 Å². The van der Waals surface area contributed by atoms with Crippen molar-refractivity contribution in [2.75, 3.05) is 49.5 Å². The highest BCUT2D eigenvalue weighted by atomic mass is 16.5. The zero-order chi connectivity index (χ0) is 20.5. The highest BCUT2D eigenvalue weighted by Crippen LogP contribution is 2.20. The number of rotatable bonds is 8. The van der Waals surface area contributed by atoms with Crippen LogP contribution in [0.2, 0.25) is 0 Å². The average molecular weight is 399 g/mol. The van der Waals surface area contributed by atoms with Crippen molar-refractivity contribution >= 4 is 17.5 Å². The molecule has 7 nitrogen and oxygen atoms in total. The van der Waals surface area contributed by atoms with E-state index in [9.17, 15) is 9.90 Å². The predicted molar refractivity (Wildman–Crippen MR) is 114 cm³/mol. The molecule has 2 aromatic rings. The van der Waals surface area contributed by atoms with Gasteiger partial charge in [0.2, 0.25) is 0 Å². The highest BCUT2D eigenvalue weighted by molar-refractivity contribution is 5.84. The molecule has 1 aromatic heterocycles. The Kier molecular flexibility index (Phi) is 7.84. The van der Waals surface area contributed by atoms with E-state index in [4.69, 9.17) is 4.74 Å². The van der Waals surface area contributed by atoms with Gasteiger partial charge in [-0.1, -0.05) is 25.5 Å². The smallest absolute Gasteiger partial charge is 0.411 e. The summed E-state index contributed by atoms with van der Waals surface area (Å²) >= 11 is 0. The van der Waals surface area contributed by atoms with Gasteiger partial charge in [0, 0.05) is 56.5 Å². The number of nitrogens with zero attached hydrogens (tertiary/aromatic N) is 3. The Balaban J connectivity index is 1.44. The standard InChI is InChI=1S/C22H30N4O3/c1-2-3-16-29-22(28)24-19-6-4-18(5-7-19)21(27)17-25-12-14-26(15-13-25)20-8-10-23-11-9-20/h4-11,21,27H,2-3,12-17H2,1H3,(H,24,28). The van der Waals surface area contributed by atoms with Crippen LogP contribution in [0.3, 0.4) is 0 Å². The van der Waals surface area contributed by atoms with Crippen molar-refractivity contribution in [1.29, 1.82) is 0 Å². The molecule has 1 saturated heterocycles. The van der Waals surface area contributed by atoms with Crippen molar-refractivity contribution in [2.24, 2.45) is 0 Å². The summed E-state index contributed by atoms with van der Waals surface area (Å²) in [4.78, 5) is 20.4. The van der Waals surface area contributed by atoms with Crippen molar-refractivity contribution in [3.8, 4) is 0 Å². The number of anilines is 2. The lowest BCUT2D eigenvalue weighted by Crippen LogP contribution is -2.47. The second-order valence-corrected chi connectivity index (χ2v) is 7.25. The third-order valence-electron chi connectivity index (χ3n) is 5.10. The lowest BCUT2D eigenvalue weighted by Gasteiger charge is -2.36. The number of pyridine rings is 1. The largest absolute Gasteiger partial charge is 0.449 e. The number of unbranched alkanes of at least 4 members (excludes halogenated alkanes) is 1. The summed E-state index contributed by atoms with van der Waals surface area (Å²) in [5.41, 5.74) is 2.69. The van der Waals surface area contributed by atoms with Crippen molar-refractivity contribution in [1.82, 2.24) is 9.88 Å². The average Bonchev–Trinajstić information content (AvgIpc) is 2.75. The monoisotopic (exact) mass is 398 g/mol. The van der Waals surface area contributed by atoms with Crippen LogP contribution in [0.5, 0.6) is 0 Å². The van der Waals surface area contributed by atoms with Gasteiger partial charge in [-0.25, -0.2) is 4.79 Å². The van der Waals surface area contributed by atoms with Crippen LogP contribution in [0.25, 0.3) is 0 Å². The second kappa shape index (κ2) is 10.8. The molecule has 1 aromatic carbocycles. The van der Waals surface area contributed by atoms with Crippen molar-refractivity contribution < 1.29 is 14.6 Å². The zero-order valence-corrected chi connectivity index (χ0v) is 17.0. The first-order valence-corrected chi connectivity index (χ1v) is 10.2. The van der Waals surface area contributed by atoms with Crippen molar-refractivity contribution in [3.63, 3.8) is 0 Å². The van der Waals surface area contributed by atoms with E-state index in [1.807, 2.05) is 43.6 Å². The maximum absolute atomic E-state index is 11.7. The van der Waals surface area contributed by atoms with E-state index in [1.54, 1.807) is 12.1 Å². The fourth-order valence-electron chi connectivity index (χ4n) is 3.35. The molecule has 0 aliphatic carbocycles. The van der Waals surface area contributed by atoms with E-state index in [0.29, 0.717) is 18.8 Å². The Hall–Kier alpha value is -2.64. The number of hydrogen-bond donors (Lipinski definition) is 2. The maximum Gasteiger partial charge on any atom is 0.411 e. The van der Waals surface area contributed by atoms with E-state index in [2.05, 4.69) is 20.1 Å². The molecule has 0 spiro atoms. The molecule has 156 valence electrons. The summed E-state index contributed by atoms with van der Waals surface area (Å²) in [6.07, 6.45) is 4.46. The fourth-order valence-corrected chi connectivity index (χ4v) is 3.35. The molecule has 2 N–H and O–H groups in total. The third kappa shape index (κ3) is 6.44. The molecule has 1 unspecified atom stereocenters. The summed E-state index contributed by atoms with van der Waals surface area (Å²) in [6, 6.07) is 11.3. The Morgan fingerprint density at radius 2 is 1.83 bits per heavy atom. The normalized spacial score (nSPS) is 15.7. The summed E-state index contributed by atoms with van der Waals surface area (Å²) in [6.45, 7) is 6.74. The molecule has 1 atom stereocenters. The van der Waals surface area contributed by atoms with Gasteiger partial charge in [-0.2, -0.15) is 0 Å². The number of carbonyl (C=O) groups is 1. The van der Waals surface area contributed by atoms with E-state index >= 15 is 0 Å². The summed E-state index contributed by atoms with van der Waals surface area (Å²) in [5, 5.41) is 13.3. The summed E-state index contributed by atoms with van der Waals surface area (Å²) in [7, 11) is 0. The lowest BCUT2D eigenvalue weighted by molar-refractivity contribution is 0.109. The van der Waals surface area contributed by atoms with Gasteiger partial charge in [-0.05, 0) is 36.2 Å². The van der Waals surface area contributed by atoms with Gasteiger partial charge >= 0.3 is 6.09 Å². The van der Waals surface area contributed by atoms with Crippen LogP contribution >= 0.6 is 0 Å². The van der Waals surface area contributed by atoms with Gasteiger partial charge in [0.05, 0.1) is 12.7 Å². The number of carbonyl (C=O) groups excluding carboxylic acids is 1.